The summed E-state index contributed by atoms with van der Waals surface area (Å²) in [5.74, 6) is 7.35. The van der Waals surface area contributed by atoms with E-state index in [0.717, 1.165) is 28.4 Å². The van der Waals surface area contributed by atoms with Crippen LogP contribution in [0.4, 0.5) is 5.69 Å². The van der Waals surface area contributed by atoms with Crippen LogP contribution in [-0.4, -0.2) is 19.1 Å². The van der Waals surface area contributed by atoms with Gasteiger partial charge in [0.15, 0.2) is 0 Å². The van der Waals surface area contributed by atoms with Gasteiger partial charge in [0.2, 0.25) is 0 Å². The maximum Gasteiger partial charge on any atom is 0.141 e. The van der Waals surface area contributed by atoms with E-state index in [9.17, 15) is 0 Å². The molecule has 0 saturated heterocycles. The number of nitrogens with two attached hydrogens (primary N) is 1. The fourth-order valence-corrected chi connectivity index (χ4v) is 1.99. The highest BCUT2D eigenvalue weighted by Crippen LogP contribution is 2.29. The Morgan fingerprint density at radius 2 is 1.95 bits per heavy atom. The van der Waals surface area contributed by atoms with Crippen molar-refractivity contribution in [3.63, 3.8) is 0 Å². The second-order valence-electron chi connectivity index (χ2n) is 4.44. The van der Waals surface area contributed by atoms with Crippen molar-refractivity contribution >= 4 is 5.69 Å². The predicted molar refractivity (Wildman–Crippen MR) is 78.9 cm³/mol. The molecule has 0 bridgehead atoms. The Balaban J connectivity index is 2.26. The summed E-state index contributed by atoms with van der Waals surface area (Å²) in [7, 11) is 3.42. The van der Waals surface area contributed by atoms with E-state index in [1.165, 1.54) is 0 Å². The van der Waals surface area contributed by atoms with E-state index in [-0.39, 0.29) is 0 Å². The molecule has 20 heavy (non-hydrogen) atoms. The van der Waals surface area contributed by atoms with Gasteiger partial charge in [-0.3, -0.25) is 4.98 Å². The van der Waals surface area contributed by atoms with Crippen LogP contribution in [0.3, 0.4) is 0 Å². The molecule has 0 spiro atoms. The third-order valence-corrected chi connectivity index (χ3v) is 3.04. The molecule has 0 amide bonds. The predicted octanol–water partition coefficient (Wildman–Crippen LogP) is 2.29. The van der Waals surface area contributed by atoms with Crippen molar-refractivity contribution in [3.8, 4) is 11.5 Å². The smallest absolute Gasteiger partial charge is 0.141 e. The second kappa shape index (κ2) is 6.25. The van der Waals surface area contributed by atoms with Crippen molar-refractivity contribution in [2.75, 3.05) is 19.2 Å². The topological polar surface area (TPSA) is 60.6 Å². The Labute approximate surface area is 118 Å². The number of ether oxygens (including phenoxy) is 2. The number of anilines is 1. The van der Waals surface area contributed by atoms with Crippen LogP contribution < -0.4 is 20.3 Å². The summed E-state index contributed by atoms with van der Waals surface area (Å²) in [4.78, 5) is 4.20. The van der Waals surface area contributed by atoms with Crippen LogP contribution in [0.25, 0.3) is 0 Å². The molecule has 1 heterocycles. The molecule has 2 aromatic rings. The van der Waals surface area contributed by atoms with Gasteiger partial charge < -0.3 is 14.5 Å². The number of nitrogens with zero attached hydrogens (tertiary/aromatic N) is 2. The SMILES string of the molecule is COc1cccc(N(C)N)c1COc1cccnc1C. The zero-order valence-electron chi connectivity index (χ0n) is 12.0. The minimum Gasteiger partial charge on any atom is -0.496 e. The lowest BCUT2D eigenvalue weighted by Crippen LogP contribution is -2.26. The van der Waals surface area contributed by atoms with E-state index in [4.69, 9.17) is 15.3 Å². The highest BCUT2D eigenvalue weighted by molar-refractivity contribution is 5.58. The van der Waals surface area contributed by atoms with Gasteiger partial charge in [0.25, 0.3) is 0 Å². The Morgan fingerprint density at radius 3 is 2.60 bits per heavy atom. The van der Waals surface area contributed by atoms with E-state index in [2.05, 4.69) is 4.98 Å². The molecule has 0 aliphatic heterocycles. The summed E-state index contributed by atoms with van der Waals surface area (Å²) in [6.45, 7) is 2.28. The van der Waals surface area contributed by atoms with E-state index >= 15 is 0 Å². The molecule has 0 atom stereocenters. The Kier molecular flexibility index (Phi) is 4.42. The summed E-state index contributed by atoms with van der Waals surface area (Å²) in [5.41, 5.74) is 2.62. The first kappa shape index (κ1) is 14.1. The van der Waals surface area contributed by atoms with Crippen molar-refractivity contribution in [2.45, 2.75) is 13.5 Å². The molecule has 0 unspecified atom stereocenters. The third kappa shape index (κ3) is 3.00. The monoisotopic (exact) mass is 273 g/mol. The van der Waals surface area contributed by atoms with Gasteiger partial charge in [-0.1, -0.05) is 6.07 Å². The van der Waals surface area contributed by atoms with E-state index in [0.29, 0.717) is 6.61 Å². The van der Waals surface area contributed by atoms with Crippen LogP contribution in [-0.2, 0) is 6.61 Å². The van der Waals surface area contributed by atoms with Gasteiger partial charge in [-0.2, -0.15) is 0 Å². The van der Waals surface area contributed by atoms with Gasteiger partial charge in [0.05, 0.1) is 24.1 Å². The molecule has 2 rings (SSSR count). The van der Waals surface area contributed by atoms with Gasteiger partial charge >= 0.3 is 0 Å². The van der Waals surface area contributed by atoms with Gasteiger partial charge in [0, 0.05) is 13.2 Å². The van der Waals surface area contributed by atoms with Gasteiger partial charge in [-0.25, -0.2) is 5.84 Å². The highest BCUT2D eigenvalue weighted by atomic mass is 16.5. The van der Waals surface area contributed by atoms with Crippen LogP contribution in [0, 0.1) is 6.92 Å². The average molecular weight is 273 g/mol. The first-order chi connectivity index (χ1) is 9.63. The van der Waals surface area contributed by atoms with E-state index in [1.54, 1.807) is 25.4 Å². The number of aromatic nitrogens is 1. The quantitative estimate of drug-likeness (QED) is 0.669. The summed E-state index contributed by atoms with van der Waals surface area (Å²) in [5, 5.41) is 1.55. The fourth-order valence-electron chi connectivity index (χ4n) is 1.99. The number of methoxy groups -OCH3 is 1. The standard InChI is InChI=1S/C15H19N3O2/c1-11-14(8-5-9-17-11)20-10-12-13(18(2)16)6-4-7-15(12)19-3/h4-9H,10,16H2,1-3H3. The molecule has 1 aromatic carbocycles. The lowest BCUT2D eigenvalue weighted by Gasteiger charge is -2.19. The molecule has 5 nitrogen and oxygen atoms in total. The van der Waals surface area contributed by atoms with Crippen molar-refractivity contribution in [1.82, 2.24) is 4.98 Å². The zero-order valence-corrected chi connectivity index (χ0v) is 12.0. The fraction of sp³-hybridized carbons (Fsp3) is 0.267. The van der Waals surface area contributed by atoms with E-state index in [1.807, 2.05) is 37.3 Å². The lowest BCUT2D eigenvalue weighted by atomic mass is 10.1. The maximum absolute atomic E-state index is 5.85. The average Bonchev–Trinajstić information content (AvgIpc) is 2.46. The Morgan fingerprint density at radius 1 is 1.20 bits per heavy atom. The largest absolute Gasteiger partial charge is 0.496 e. The Hall–Kier alpha value is -2.27. The summed E-state index contributed by atoms with van der Waals surface area (Å²) in [6.07, 6.45) is 1.74. The van der Waals surface area contributed by atoms with Gasteiger partial charge in [0.1, 0.15) is 18.1 Å². The minimum atomic E-state index is 0.368. The van der Waals surface area contributed by atoms with Crippen LogP contribution in [0.2, 0.25) is 0 Å². The number of hydrogen-bond acceptors (Lipinski definition) is 5. The van der Waals surface area contributed by atoms with Crippen molar-refractivity contribution in [3.05, 3.63) is 47.8 Å². The summed E-state index contributed by atoms with van der Waals surface area (Å²) >= 11 is 0. The van der Waals surface area contributed by atoms with Crippen molar-refractivity contribution in [2.24, 2.45) is 5.84 Å². The molecule has 2 N–H and O–H groups in total. The third-order valence-electron chi connectivity index (χ3n) is 3.04. The number of benzene rings is 1. The normalized spacial score (nSPS) is 10.2. The van der Waals surface area contributed by atoms with Crippen LogP contribution >= 0.6 is 0 Å². The molecular formula is C15H19N3O2. The number of rotatable bonds is 5. The molecule has 1 aromatic heterocycles. The summed E-state index contributed by atoms with van der Waals surface area (Å²) in [6, 6.07) is 9.46. The highest BCUT2D eigenvalue weighted by Gasteiger charge is 2.12. The second-order valence-corrected chi connectivity index (χ2v) is 4.44. The molecule has 106 valence electrons. The molecule has 0 aliphatic carbocycles. The zero-order chi connectivity index (χ0) is 14.5. The number of aryl methyl sites for hydroxylation is 1. The molecular weight excluding hydrogens is 254 g/mol. The van der Waals surface area contributed by atoms with Crippen molar-refractivity contribution in [1.29, 1.82) is 0 Å². The molecule has 0 saturated carbocycles. The number of pyridine rings is 1. The molecule has 0 aliphatic rings. The van der Waals surface area contributed by atoms with Gasteiger partial charge in [-0.15, -0.1) is 0 Å². The molecule has 5 heteroatoms. The van der Waals surface area contributed by atoms with Gasteiger partial charge in [-0.05, 0) is 31.2 Å². The molecule has 0 fully saturated rings. The number of hydrogen-bond donors (Lipinski definition) is 1. The maximum atomic E-state index is 5.85. The lowest BCUT2D eigenvalue weighted by molar-refractivity contribution is 0.293. The Bertz CT molecular complexity index is 585. The summed E-state index contributed by atoms with van der Waals surface area (Å²) < 4.78 is 11.2. The van der Waals surface area contributed by atoms with Crippen LogP contribution in [0.5, 0.6) is 11.5 Å². The number of hydrazine groups is 1. The van der Waals surface area contributed by atoms with Crippen LogP contribution in [0.1, 0.15) is 11.3 Å². The minimum absolute atomic E-state index is 0.368. The molecule has 0 radical (unpaired) electrons. The first-order valence-corrected chi connectivity index (χ1v) is 6.32. The van der Waals surface area contributed by atoms with E-state index < -0.39 is 0 Å². The van der Waals surface area contributed by atoms with Crippen molar-refractivity contribution < 1.29 is 9.47 Å². The first-order valence-electron chi connectivity index (χ1n) is 6.32. The van der Waals surface area contributed by atoms with Crippen LogP contribution in [0.15, 0.2) is 36.5 Å².